The van der Waals surface area contributed by atoms with Crippen LogP contribution >= 0.6 is 15.9 Å². The Kier molecular flexibility index (Phi) is 5.65. The molecule has 3 nitrogen and oxygen atoms in total. The third-order valence-corrected chi connectivity index (χ3v) is 3.53. The van der Waals surface area contributed by atoms with Gasteiger partial charge in [-0.05, 0) is 42.3 Å². The zero-order valence-corrected chi connectivity index (χ0v) is 13.5. The summed E-state index contributed by atoms with van der Waals surface area (Å²) in [4.78, 5) is 11.7. The lowest BCUT2D eigenvalue weighted by Gasteiger charge is -2.11. The fourth-order valence-corrected chi connectivity index (χ4v) is 2.41. The van der Waals surface area contributed by atoms with Gasteiger partial charge in [0.1, 0.15) is 0 Å². The van der Waals surface area contributed by atoms with E-state index < -0.39 is 17.8 Å². The van der Waals surface area contributed by atoms with Gasteiger partial charge in [0, 0.05) is 16.7 Å². The molecule has 2 N–H and O–H groups in total. The summed E-state index contributed by atoms with van der Waals surface area (Å²) >= 11 is 3.36. The van der Waals surface area contributed by atoms with Crippen LogP contribution in [0.4, 0.5) is 23.7 Å². The zero-order valence-electron chi connectivity index (χ0n) is 12.0. The van der Waals surface area contributed by atoms with Crippen molar-refractivity contribution in [1.82, 2.24) is 5.32 Å². The second kappa shape index (κ2) is 7.50. The first-order valence-corrected chi connectivity index (χ1v) is 7.60. The molecule has 0 spiro atoms. The molecule has 2 rings (SSSR count). The van der Waals surface area contributed by atoms with E-state index in [4.69, 9.17) is 0 Å². The Hall–Kier alpha value is -2.02. The van der Waals surface area contributed by atoms with Gasteiger partial charge < -0.3 is 10.6 Å². The molecule has 0 aliphatic heterocycles. The highest BCUT2D eigenvalue weighted by Gasteiger charge is 2.30. The highest BCUT2D eigenvalue weighted by atomic mass is 79.9. The maximum absolute atomic E-state index is 12.6. The molecule has 0 bridgehead atoms. The Labute approximate surface area is 140 Å². The molecule has 0 unspecified atom stereocenters. The summed E-state index contributed by atoms with van der Waals surface area (Å²) in [5.41, 5.74) is 0.336. The molecular formula is C16H14BrF3N2O. The summed E-state index contributed by atoms with van der Waals surface area (Å²) in [7, 11) is 0. The number of rotatable bonds is 4. The smallest absolute Gasteiger partial charge is 0.338 e. The topological polar surface area (TPSA) is 41.1 Å². The normalized spacial score (nSPS) is 11.1. The Morgan fingerprint density at radius 2 is 1.83 bits per heavy atom. The Morgan fingerprint density at radius 3 is 2.52 bits per heavy atom. The van der Waals surface area contributed by atoms with Gasteiger partial charge in [-0.1, -0.05) is 34.1 Å². The zero-order chi connectivity index (χ0) is 16.9. The van der Waals surface area contributed by atoms with Gasteiger partial charge in [0.2, 0.25) is 0 Å². The standard InChI is InChI=1S/C16H14BrF3N2O/c17-13-5-1-3-11(9-13)7-8-21-15(23)22-14-6-2-4-12(10-14)16(18,19)20/h1-6,9-10H,7-8H2,(H2,21,22,23). The molecule has 0 aliphatic rings. The first-order valence-electron chi connectivity index (χ1n) is 6.81. The van der Waals surface area contributed by atoms with E-state index in [9.17, 15) is 18.0 Å². The van der Waals surface area contributed by atoms with Crippen molar-refractivity contribution in [2.75, 3.05) is 11.9 Å². The molecule has 0 heterocycles. The summed E-state index contributed by atoms with van der Waals surface area (Å²) in [6.07, 6.45) is -3.82. The number of amides is 2. The molecule has 0 aliphatic carbocycles. The summed E-state index contributed by atoms with van der Waals surface area (Å²) in [5.74, 6) is 0. The van der Waals surface area contributed by atoms with Gasteiger partial charge in [0.05, 0.1) is 5.56 Å². The number of benzene rings is 2. The third-order valence-electron chi connectivity index (χ3n) is 3.04. The summed E-state index contributed by atoms with van der Waals surface area (Å²) in [5, 5.41) is 5.00. The van der Waals surface area contributed by atoms with E-state index in [0.717, 1.165) is 22.2 Å². The fraction of sp³-hybridized carbons (Fsp3) is 0.188. The fourth-order valence-electron chi connectivity index (χ4n) is 1.96. The molecule has 0 fully saturated rings. The summed E-state index contributed by atoms with van der Waals surface area (Å²) < 4.78 is 38.7. The van der Waals surface area contributed by atoms with Gasteiger partial charge in [-0.15, -0.1) is 0 Å². The largest absolute Gasteiger partial charge is 0.416 e. The molecule has 7 heteroatoms. The van der Waals surface area contributed by atoms with Crippen LogP contribution in [0.1, 0.15) is 11.1 Å². The quantitative estimate of drug-likeness (QED) is 0.775. The van der Waals surface area contributed by atoms with Gasteiger partial charge in [-0.25, -0.2) is 4.79 Å². The molecule has 2 aromatic rings. The number of hydrogen-bond donors (Lipinski definition) is 2. The molecule has 2 amide bonds. The van der Waals surface area contributed by atoms with Crippen LogP contribution in [0.25, 0.3) is 0 Å². The highest BCUT2D eigenvalue weighted by Crippen LogP contribution is 2.30. The molecule has 0 atom stereocenters. The van der Waals surface area contributed by atoms with Crippen molar-refractivity contribution in [3.05, 3.63) is 64.1 Å². The van der Waals surface area contributed by atoms with E-state index in [1.807, 2.05) is 24.3 Å². The molecule has 0 saturated carbocycles. The van der Waals surface area contributed by atoms with Crippen molar-refractivity contribution < 1.29 is 18.0 Å². The van der Waals surface area contributed by atoms with Crippen LogP contribution in [0, 0.1) is 0 Å². The maximum Gasteiger partial charge on any atom is 0.416 e. The summed E-state index contributed by atoms with van der Waals surface area (Å²) in [6.45, 7) is 0.376. The molecule has 0 aromatic heterocycles. The van der Waals surface area contributed by atoms with E-state index >= 15 is 0 Å². The Morgan fingerprint density at radius 1 is 1.09 bits per heavy atom. The minimum Gasteiger partial charge on any atom is -0.338 e. The molecule has 2 aromatic carbocycles. The maximum atomic E-state index is 12.6. The number of anilines is 1. The van der Waals surface area contributed by atoms with Crippen molar-refractivity contribution in [3.63, 3.8) is 0 Å². The molecule has 23 heavy (non-hydrogen) atoms. The van der Waals surface area contributed by atoms with Gasteiger partial charge >= 0.3 is 12.2 Å². The lowest BCUT2D eigenvalue weighted by atomic mass is 10.1. The average molecular weight is 387 g/mol. The van der Waals surface area contributed by atoms with E-state index in [2.05, 4.69) is 26.6 Å². The number of urea groups is 1. The minimum atomic E-state index is -4.44. The second-order valence-electron chi connectivity index (χ2n) is 4.84. The lowest BCUT2D eigenvalue weighted by molar-refractivity contribution is -0.137. The molecule has 0 saturated heterocycles. The van der Waals surface area contributed by atoms with Gasteiger partial charge in [0.15, 0.2) is 0 Å². The van der Waals surface area contributed by atoms with E-state index in [-0.39, 0.29) is 5.69 Å². The predicted octanol–water partition coefficient (Wildman–Crippen LogP) is 4.83. The molecule has 122 valence electrons. The van der Waals surface area contributed by atoms with Crippen molar-refractivity contribution in [3.8, 4) is 0 Å². The van der Waals surface area contributed by atoms with Crippen molar-refractivity contribution >= 4 is 27.6 Å². The van der Waals surface area contributed by atoms with Gasteiger partial charge in [0.25, 0.3) is 0 Å². The van der Waals surface area contributed by atoms with Crippen LogP contribution in [0.15, 0.2) is 53.0 Å². The average Bonchev–Trinajstić information content (AvgIpc) is 2.46. The van der Waals surface area contributed by atoms with Crippen LogP contribution in [0.5, 0.6) is 0 Å². The third kappa shape index (κ3) is 5.59. The Balaban J connectivity index is 1.85. The number of alkyl halides is 3. The minimum absolute atomic E-state index is 0.0970. The number of nitrogens with one attached hydrogen (secondary N) is 2. The van der Waals surface area contributed by atoms with E-state index in [1.165, 1.54) is 12.1 Å². The predicted molar refractivity (Wildman–Crippen MR) is 86.3 cm³/mol. The number of carbonyl (C=O) groups excluding carboxylic acids is 1. The second-order valence-corrected chi connectivity index (χ2v) is 5.76. The first-order chi connectivity index (χ1) is 10.8. The highest BCUT2D eigenvalue weighted by molar-refractivity contribution is 9.10. The van der Waals surface area contributed by atoms with Crippen molar-refractivity contribution in [2.45, 2.75) is 12.6 Å². The SMILES string of the molecule is O=C(NCCc1cccc(Br)c1)Nc1cccc(C(F)(F)F)c1. The summed E-state index contributed by atoms with van der Waals surface area (Å²) in [6, 6.07) is 11.6. The van der Waals surface area contributed by atoms with Crippen molar-refractivity contribution in [1.29, 1.82) is 0 Å². The van der Waals surface area contributed by atoms with Crippen LogP contribution in [-0.4, -0.2) is 12.6 Å². The number of hydrogen-bond acceptors (Lipinski definition) is 1. The number of carbonyl (C=O) groups is 1. The van der Waals surface area contributed by atoms with Crippen molar-refractivity contribution in [2.24, 2.45) is 0 Å². The van der Waals surface area contributed by atoms with E-state index in [0.29, 0.717) is 13.0 Å². The van der Waals surface area contributed by atoms with Gasteiger partial charge in [-0.3, -0.25) is 0 Å². The van der Waals surface area contributed by atoms with Crippen LogP contribution < -0.4 is 10.6 Å². The number of halogens is 4. The lowest BCUT2D eigenvalue weighted by Crippen LogP contribution is -2.30. The molecule has 0 radical (unpaired) electrons. The van der Waals surface area contributed by atoms with Crippen LogP contribution in [0.3, 0.4) is 0 Å². The van der Waals surface area contributed by atoms with Gasteiger partial charge in [-0.2, -0.15) is 13.2 Å². The van der Waals surface area contributed by atoms with Crippen LogP contribution in [-0.2, 0) is 12.6 Å². The monoisotopic (exact) mass is 386 g/mol. The van der Waals surface area contributed by atoms with Crippen LogP contribution in [0.2, 0.25) is 0 Å². The first kappa shape index (κ1) is 17.3. The molecular weight excluding hydrogens is 373 g/mol. The van der Waals surface area contributed by atoms with E-state index in [1.54, 1.807) is 0 Å². The Bertz CT molecular complexity index is 689.